The maximum atomic E-state index is 12.1. The number of anilines is 1. The minimum atomic E-state index is -0.0803. The average Bonchev–Trinajstić information content (AvgIpc) is 2.44. The summed E-state index contributed by atoms with van der Waals surface area (Å²) in [4.78, 5) is 14.2. The summed E-state index contributed by atoms with van der Waals surface area (Å²) in [7, 11) is 1.99. The summed E-state index contributed by atoms with van der Waals surface area (Å²) in [6.45, 7) is 1.34. The SMILES string of the molecule is CN(CC(=O)Nc1c(Cl)cccc1Cl)CC1CCCCC1. The molecule has 2 rings (SSSR count). The molecule has 0 aromatic heterocycles. The number of halogens is 2. The summed E-state index contributed by atoms with van der Waals surface area (Å²) in [5, 5.41) is 3.73. The minimum Gasteiger partial charge on any atom is -0.322 e. The maximum absolute atomic E-state index is 12.1. The standard InChI is InChI=1S/C16H22Cl2N2O/c1-20(10-12-6-3-2-4-7-12)11-15(21)19-16-13(17)8-5-9-14(16)18/h5,8-9,12H,2-4,6-7,10-11H2,1H3,(H,19,21). The first-order valence-corrected chi connectivity index (χ1v) is 8.24. The summed E-state index contributed by atoms with van der Waals surface area (Å²) >= 11 is 12.1. The fourth-order valence-corrected chi connectivity index (χ4v) is 3.41. The lowest BCUT2D eigenvalue weighted by molar-refractivity contribution is -0.117. The molecule has 0 spiro atoms. The Hall–Kier alpha value is -0.770. The summed E-state index contributed by atoms with van der Waals surface area (Å²) in [5.41, 5.74) is 0.497. The first-order valence-electron chi connectivity index (χ1n) is 7.48. The zero-order chi connectivity index (χ0) is 15.2. The average molecular weight is 329 g/mol. The number of hydrogen-bond acceptors (Lipinski definition) is 2. The Bertz CT molecular complexity index is 467. The van der Waals surface area contributed by atoms with Gasteiger partial charge in [-0.2, -0.15) is 0 Å². The van der Waals surface area contributed by atoms with Crippen LogP contribution in [0.5, 0.6) is 0 Å². The van der Waals surface area contributed by atoms with E-state index in [1.54, 1.807) is 18.2 Å². The Kier molecular flexibility index (Phi) is 6.34. The first kappa shape index (κ1) is 16.6. The zero-order valence-electron chi connectivity index (χ0n) is 12.4. The number of para-hydroxylation sites is 1. The summed E-state index contributed by atoms with van der Waals surface area (Å²) in [5.74, 6) is 0.642. The molecule has 0 bridgehead atoms. The molecule has 0 atom stereocenters. The van der Waals surface area contributed by atoms with Crippen LogP contribution in [0.25, 0.3) is 0 Å². The second-order valence-electron chi connectivity index (χ2n) is 5.85. The van der Waals surface area contributed by atoms with Gasteiger partial charge in [-0.3, -0.25) is 9.69 Å². The van der Waals surface area contributed by atoms with E-state index in [0.717, 1.165) is 12.5 Å². The van der Waals surface area contributed by atoms with E-state index in [1.165, 1.54) is 32.1 Å². The van der Waals surface area contributed by atoms with Crippen molar-refractivity contribution in [3.05, 3.63) is 28.2 Å². The van der Waals surface area contributed by atoms with Crippen LogP contribution in [-0.2, 0) is 4.79 Å². The lowest BCUT2D eigenvalue weighted by Crippen LogP contribution is -2.34. The second kappa shape index (κ2) is 8.02. The van der Waals surface area contributed by atoms with Gasteiger partial charge in [0.1, 0.15) is 0 Å². The van der Waals surface area contributed by atoms with Gasteiger partial charge in [0.25, 0.3) is 0 Å². The highest BCUT2D eigenvalue weighted by Gasteiger charge is 2.17. The number of benzene rings is 1. The molecule has 116 valence electrons. The monoisotopic (exact) mass is 328 g/mol. The van der Waals surface area contributed by atoms with Crippen LogP contribution in [-0.4, -0.2) is 30.9 Å². The van der Waals surface area contributed by atoms with Gasteiger partial charge in [-0.05, 0) is 37.9 Å². The van der Waals surface area contributed by atoms with Crippen LogP contribution >= 0.6 is 23.2 Å². The fourth-order valence-electron chi connectivity index (χ4n) is 2.92. The molecule has 1 N–H and O–H groups in total. The number of amides is 1. The van der Waals surface area contributed by atoms with Crippen LogP contribution in [0.15, 0.2) is 18.2 Å². The highest BCUT2D eigenvalue weighted by Crippen LogP contribution is 2.29. The van der Waals surface area contributed by atoms with Crippen LogP contribution in [0.4, 0.5) is 5.69 Å². The van der Waals surface area contributed by atoms with Gasteiger partial charge in [0, 0.05) is 6.54 Å². The van der Waals surface area contributed by atoms with Gasteiger partial charge < -0.3 is 5.32 Å². The largest absolute Gasteiger partial charge is 0.322 e. The number of nitrogens with zero attached hydrogens (tertiary/aromatic N) is 1. The normalized spacial score (nSPS) is 16.2. The molecule has 0 radical (unpaired) electrons. The van der Waals surface area contributed by atoms with Crippen LogP contribution in [0, 0.1) is 5.92 Å². The van der Waals surface area contributed by atoms with Crippen LogP contribution in [0.1, 0.15) is 32.1 Å². The molecule has 21 heavy (non-hydrogen) atoms. The lowest BCUT2D eigenvalue weighted by atomic mass is 9.89. The van der Waals surface area contributed by atoms with Gasteiger partial charge in [-0.15, -0.1) is 0 Å². The molecular formula is C16H22Cl2N2O. The predicted octanol–water partition coefficient (Wildman–Crippen LogP) is 4.44. The molecule has 1 aliphatic rings. The molecule has 1 amide bonds. The third-order valence-electron chi connectivity index (χ3n) is 3.94. The maximum Gasteiger partial charge on any atom is 0.238 e. The number of carbonyl (C=O) groups is 1. The van der Waals surface area contributed by atoms with Crippen molar-refractivity contribution < 1.29 is 4.79 Å². The highest BCUT2D eigenvalue weighted by molar-refractivity contribution is 6.39. The van der Waals surface area contributed by atoms with Gasteiger partial charge in [0.15, 0.2) is 0 Å². The number of hydrogen-bond donors (Lipinski definition) is 1. The van der Waals surface area contributed by atoms with Gasteiger partial charge in [0.2, 0.25) is 5.91 Å². The van der Waals surface area contributed by atoms with Crippen molar-refractivity contribution in [2.24, 2.45) is 5.92 Å². The fraction of sp³-hybridized carbons (Fsp3) is 0.562. The third kappa shape index (κ3) is 5.17. The van der Waals surface area contributed by atoms with Crippen molar-refractivity contribution in [1.29, 1.82) is 0 Å². The highest BCUT2D eigenvalue weighted by atomic mass is 35.5. The second-order valence-corrected chi connectivity index (χ2v) is 6.66. The van der Waals surface area contributed by atoms with E-state index in [-0.39, 0.29) is 5.91 Å². The van der Waals surface area contributed by atoms with Gasteiger partial charge in [-0.25, -0.2) is 0 Å². The van der Waals surface area contributed by atoms with E-state index >= 15 is 0 Å². The Labute approximate surface area is 136 Å². The minimum absolute atomic E-state index is 0.0803. The molecule has 0 saturated heterocycles. The van der Waals surface area contributed by atoms with Crippen molar-refractivity contribution in [2.75, 3.05) is 25.5 Å². The van der Waals surface area contributed by atoms with Crippen LogP contribution in [0.3, 0.4) is 0 Å². The summed E-state index contributed by atoms with van der Waals surface area (Å²) in [6, 6.07) is 5.19. The van der Waals surface area contributed by atoms with Crippen molar-refractivity contribution in [3.8, 4) is 0 Å². The Morgan fingerprint density at radius 3 is 2.48 bits per heavy atom. The molecular weight excluding hydrogens is 307 g/mol. The van der Waals surface area contributed by atoms with E-state index < -0.39 is 0 Å². The smallest absolute Gasteiger partial charge is 0.238 e. The number of likely N-dealkylation sites (N-methyl/N-ethyl adjacent to an activating group) is 1. The van der Waals surface area contributed by atoms with Crippen LogP contribution in [0.2, 0.25) is 10.0 Å². The molecule has 1 aliphatic carbocycles. The van der Waals surface area contributed by atoms with E-state index in [1.807, 2.05) is 7.05 Å². The molecule has 1 aromatic rings. The molecule has 0 aliphatic heterocycles. The van der Waals surface area contributed by atoms with Crippen LogP contribution < -0.4 is 5.32 Å². The van der Waals surface area contributed by atoms with Crippen molar-refractivity contribution in [1.82, 2.24) is 4.90 Å². The quantitative estimate of drug-likeness (QED) is 0.866. The Morgan fingerprint density at radius 1 is 1.24 bits per heavy atom. The summed E-state index contributed by atoms with van der Waals surface area (Å²) in [6.07, 6.45) is 6.55. The van der Waals surface area contributed by atoms with Crippen molar-refractivity contribution in [2.45, 2.75) is 32.1 Å². The van der Waals surface area contributed by atoms with E-state index in [0.29, 0.717) is 22.3 Å². The van der Waals surface area contributed by atoms with Gasteiger partial charge in [0.05, 0.1) is 22.3 Å². The predicted molar refractivity (Wildman–Crippen MR) is 89.2 cm³/mol. The first-order chi connectivity index (χ1) is 10.1. The molecule has 1 saturated carbocycles. The Morgan fingerprint density at radius 2 is 1.86 bits per heavy atom. The van der Waals surface area contributed by atoms with Crippen molar-refractivity contribution in [3.63, 3.8) is 0 Å². The molecule has 3 nitrogen and oxygen atoms in total. The lowest BCUT2D eigenvalue weighted by Gasteiger charge is -2.26. The van der Waals surface area contributed by atoms with E-state index in [4.69, 9.17) is 23.2 Å². The topological polar surface area (TPSA) is 32.3 Å². The molecule has 5 heteroatoms. The molecule has 1 fully saturated rings. The van der Waals surface area contributed by atoms with Gasteiger partial charge in [-0.1, -0.05) is 48.5 Å². The van der Waals surface area contributed by atoms with Gasteiger partial charge >= 0.3 is 0 Å². The van der Waals surface area contributed by atoms with E-state index in [9.17, 15) is 4.79 Å². The molecule has 1 aromatic carbocycles. The number of rotatable bonds is 5. The summed E-state index contributed by atoms with van der Waals surface area (Å²) < 4.78 is 0. The Balaban J connectivity index is 1.83. The van der Waals surface area contributed by atoms with Crippen molar-refractivity contribution >= 4 is 34.8 Å². The molecule has 0 unspecified atom stereocenters. The van der Waals surface area contributed by atoms with E-state index in [2.05, 4.69) is 10.2 Å². The third-order valence-corrected chi connectivity index (χ3v) is 4.57. The zero-order valence-corrected chi connectivity index (χ0v) is 13.9. The molecule has 0 heterocycles. The number of carbonyl (C=O) groups excluding carboxylic acids is 1. The number of nitrogens with one attached hydrogen (secondary N) is 1.